The van der Waals surface area contributed by atoms with Crippen molar-refractivity contribution in [2.24, 2.45) is 11.3 Å². The van der Waals surface area contributed by atoms with Crippen LogP contribution in [0, 0.1) is 25.2 Å². The highest BCUT2D eigenvalue weighted by Crippen LogP contribution is 2.34. The number of aromatic nitrogens is 2. The lowest BCUT2D eigenvalue weighted by Gasteiger charge is -2.25. The summed E-state index contributed by atoms with van der Waals surface area (Å²) in [5, 5.41) is 9.79. The summed E-state index contributed by atoms with van der Waals surface area (Å²) in [4.78, 5) is 20.6. The second-order valence-electron chi connectivity index (χ2n) is 6.93. The normalized spacial score (nSPS) is 26.6. The van der Waals surface area contributed by atoms with Crippen LogP contribution in [0.25, 0.3) is 11.0 Å². The first-order valence-electron chi connectivity index (χ1n) is 8.24. The Labute approximate surface area is 135 Å². The number of H-pyrrole nitrogens is 1. The van der Waals surface area contributed by atoms with Crippen LogP contribution in [0.15, 0.2) is 12.1 Å². The number of benzene rings is 1. The minimum absolute atomic E-state index is 0.130. The summed E-state index contributed by atoms with van der Waals surface area (Å²) in [7, 11) is 0. The van der Waals surface area contributed by atoms with Crippen molar-refractivity contribution in [1.82, 2.24) is 25.9 Å². The van der Waals surface area contributed by atoms with E-state index in [0.717, 1.165) is 43.0 Å². The summed E-state index contributed by atoms with van der Waals surface area (Å²) in [5.41, 5.74) is 4.17. The summed E-state index contributed by atoms with van der Waals surface area (Å²) in [6.45, 7) is 7.98. The third-order valence-electron chi connectivity index (χ3n) is 5.46. The van der Waals surface area contributed by atoms with Crippen molar-refractivity contribution >= 4 is 16.9 Å². The van der Waals surface area contributed by atoms with Gasteiger partial charge < -0.3 is 20.9 Å². The van der Waals surface area contributed by atoms with Crippen LogP contribution in [0.4, 0.5) is 0 Å². The van der Waals surface area contributed by atoms with Crippen molar-refractivity contribution in [3.05, 3.63) is 29.1 Å². The van der Waals surface area contributed by atoms with Gasteiger partial charge in [-0.05, 0) is 37.1 Å². The monoisotopic (exact) mass is 313 g/mol. The molecule has 0 bridgehead atoms. The van der Waals surface area contributed by atoms with Gasteiger partial charge >= 0.3 is 0 Å². The molecule has 0 saturated carbocycles. The van der Waals surface area contributed by atoms with Crippen molar-refractivity contribution in [2.45, 2.75) is 20.4 Å². The summed E-state index contributed by atoms with van der Waals surface area (Å²) in [6, 6.07) is 4.20. The zero-order valence-corrected chi connectivity index (χ0v) is 13.6. The lowest BCUT2D eigenvalue weighted by atomic mass is 9.80. The maximum absolute atomic E-state index is 12.7. The molecule has 1 aromatic heterocycles. The van der Waals surface area contributed by atoms with E-state index in [1.807, 2.05) is 0 Å². The Kier molecular flexibility index (Phi) is 3.39. The lowest BCUT2D eigenvalue weighted by Crippen LogP contribution is -2.46. The fourth-order valence-electron chi connectivity index (χ4n) is 3.85. The lowest BCUT2D eigenvalue weighted by molar-refractivity contribution is -0.130. The molecule has 0 aliphatic carbocycles. The molecular formula is C17H23N5O. The van der Waals surface area contributed by atoms with Crippen LogP contribution in [0.5, 0.6) is 0 Å². The molecule has 3 heterocycles. The van der Waals surface area contributed by atoms with E-state index in [2.05, 4.69) is 51.9 Å². The molecule has 6 nitrogen and oxygen atoms in total. The fraction of sp³-hybridized carbons (Fsp3) is 0.529. The predicted molar refractivity (Wildman–Crippen MR) is 89.1 cm³/mol. The molecule has 0 unspecified atom stereocenters. The smallest absolute Gasteiger partial charge is 0.229 e. The van der Waals surface area contributed by atoms with E-state index in [0.29, 0.717) is 12.5 Å². The number of hydrogen-bond donors (Lipinski definition) is 4. The molecule has 6 heteroatoms. The number of aromatic amines is 1. The molecule has 0 radical (unpaired) electrons. The van der Waals surface area contributed by atoms with Gasteiger partial charge in [0.15, 0.2) is 0 Å². The Hall–Kier alpha value is -1.92. The zero-order valence-electron chi connectivity index (χ0n) is 13.6. The van der Waals surface area contributed by atoms with E-state index in [4.69, 9.17) is 0 Å². The van der Waals surface area contributed by atoms with Gasteiger partial charge in [0.05, 0.1) is 23.0 Å². The Balaban J connectivity index is 1.49. The number of rotatable bonds is 3. The highest BCUT2D eigenvalue weighted by Gasteiger charge is 2.51. The topological polar surface area (TPSA) is 81.8 Å². The number of aryl methyl sites for hydroxylation is 2. The van der Waals surface area contributed by atoms with Gasteiger partial charge in [-0.1, -0.05) is 0 Å². The van der Waals surface area contributed by atoms with Crippen LogP contribution in [-0.4, -0.2) is 42.1 Å². The van der Waals surface area contributed by atoms with Gasteiger partial charge in [0.2, 0.25) is 5.91 Å². The Morgan fingerprint density at radius 1 is 1.26 bits per heavy atom. The number of carbonyl (C=O) groups is 1. The van der Waals surface area contributed by atoms with E-state index in [1.165, 1.54) is 11.1 Å². The van der Waals surface area contributed by atoms with E-state index in [9.17, 15) is 4.79 Å². The highest BCUT2D eigenvalue weighted by molar-refractivity contribution is 5.84. The van der Waals surface area contributed by atoms with Gasteiger partial charge in [-0.15, -0.1) is 0 Å². The molecule has 2 aliphatic rings. The largest absolute Gasteiger partial charge is 0.348 e. The van der Waals surface area contributed by atoms with Gasteiger partial charge in [0, 0.05) is 32.1 Å². The molecule has 2 aliphatic heterocycles. The Morgan fingerprint density at radius 3 is 2.70 bits per heavy atom. The first-order chi connectivity index (χ1) is 11.1. The maximum atomic E-state index is 12.7. The quantitative estimate of drug-likeness (QED) is 0.669. The summed E-state index contributed by atoms with van der Waals surface area (Å²) in [5.74, 6) is 1.33. The van der Waals surface area contributed by atoms with Crippen LogP contribution < -0.4 is 16.0 Å². The van der Waals surface area contributed by atoms with Gasteiger partial charge in [0.1, 0.15) is 5.82 Å². The molecule has 2 aromatic rings. The molecule has 0 spiro atoms. The number of carbonyl (C=O) groups excluding carboxylic acids is 1. The minimum atomic E-state index is -0.292. The molecule has 2 fully saturated rings. The second kappa shape index (κ2) is 5.32. The van der Waals surface area contributed by atoms with Gasteiger partial charge in [-0.3, -0.25) is 4.79 Å². The van der Waals surface area contributed by atoms with Crippen molar-refractivity contribution < 1.29 is 4.79 Å². The van der Waals surface area contributed by atoms with Gasteiger partial charge in [0.25, 0.3) is 0 Å². The third-order valence-corrected chi connectivity index (χ3v) is 5.46. The van der Waals surface area contributed by atoms with E-state index in [-0.39, 0.29) is 11.3 Å². The Bertz CT molecular complexity index is 717. The number of nitrogens with zero attached hydrogens (tertiary/aromatic N) is 1. The average molecular weight is 313 g/mol. The van der Waals surface area contributed by atoms with E-state index in [1.54, 1.807) is 0 Å². The van der Waals surface area contributed by atoms with E-state index >= 15 is 0 Å². The SMILES string of the molecule is Cc1cc2nc(CNC(=O)C34CNCC3CNC4)[nH]c2cc1C. The van der Waals surface area contributed by atoms with Crippen LogP contribution in [0.3, 0.4) is 0 Å². The number of nitrogens with one attached hydrogen (secondary N) is 4. The standard InChI is InChI=1S/C17H23N5O/c1-10-3-13-14(4-11(10)2)22-15(21-13)7-20-16(23)17-8-18-5-12(17)6-19-9-17/h3-4,12,18-19H,5-9H2,1-2H3,(H,20,23)(H,21,22). The number of fused-ring (bicyclic) bond motifs is 2. The molecule has 122 valence electrons. The van der Waals surface area contributed by atoms with Crippen molar-refractivity contribution in [3.8, 4) is 0 Å². The molecule has 1 amide bonds. The highest BCUT2D eigenvalue weighted by atomic mass is 16.2. The summed E-state index contributed by atoms with van der Waals surface area (Å²) < 4.78 is 0. The average Bonchev–Trinajstić information content (AvgIpc) is 3.18. The maximum Gasteiger partial charge on any atom is 0.229 e. The van der Waals surface area contributed by atoms with E-state index < -0.39 is 0 Å². The first-order valence-corrected chi connectivity index (χ1v) is 8.24. The van der Waals surface area contributed by atoms with Crippen molar-refractivity contribution in [1.29, 1.82) is 0 Å². The van der Waals surface area contributed by atoms with Crippen LogP contribution in [0.1, 0.15) is 17.0 Å². The molecule has 2 saturated heterocycles. The van der Waals surface area contributed by atoms with Gasteiger partial charge in [-0.25, -0.2) is 4.98 Å². The number of hydrogen-bond acceptors (Lipinski definition) is 4. The summed E-state index contributed by atoms with van der Waals surface area (Å²) >= 11 is 0. The molecule has 4 rings (SSSR count). The van der Waals surface area contributed by atoms with Crippen LogP contribution in [0.2, 0.25) is 0 Å². The number of amides is 1. The molecule has 23 heavy (non-hydrogen) atoms. The molecule has 0 atom stereocenters. The minimum Gasteiger partial charge on any atom is -0.348 e. The van der Waals surface area contributed by atoms with Gasteiger partial charge in [-0.2, -0.15) is 0 Å². The van der Waals surface area contributed by atoms with Crippen LogP contribution >= 0.6 is 0 Å². The van der Waals surface area contributed by atoms with Crippen molar-refractivity contribution in [2.75, 3.05) is 26.2 Å². The molecule has 4 N–H and O–H groups in total. The second-order valence-corrected chi connectivity index (χ2v) is 6.93. The first kappa shape index (κ1) is 14.7. The predicted octanol–water partition coefficient (Wildman–Crippen LogP) is 0.605. The molecular weight excluding hydrogens is 290 g/mol. The third kappa shape index (κ3) is 2.33. The zero-order chi connectivity index (χ0) is 16.0. The van der Waals surface area contributed by atoms with Crippen LogP contribution in [-0.2, 0) is 11.3 Å². The molecule has 1 aromatic carbocycles. The fourth-order valence-corrected chi connectivity index (χ4v) is 3.85. The van der Waals surface area contributed by atoms with Crippen molar-refractivity contribution in [3.63, 3.8) is 0 Å². The summed E-state index contributed by atoms with van der Waals surface area (Å²) in [6.07, 6.45) is 0. The Morgan fingerprint density at radius 2 is 1.96 bits per heavy atom. The number of imidazole rings is 1.